The third kappa shape index (κ3) is 5.10. The SMILES string of the molecule is CCCOc1ccc(C(C)NC(=O)c2cc(OC)c(Br)c(OC)c2)cc1OC. The van der Waals surface area contributed by atoms with Gasteiger partial charge in [-0.15, -0.1) is 0 Å². The number of halogens is 1. The maximum absolute atomic E-state index is 12.7. The van der Waals surface area contributed by atoms with Crippen LogP contribution in [0.3, 0.4) is 0 Å². The second-order valence-electron chi connectivity index (χ2n) is 6.15. The number of methoxy groups -OCH3 is 3. The van der Waals surface area contributed by atoms with Crippen molar-refractivity contribution < 1.29 is 23.7 Å². The molecule has 0 radical (unpaired) electrons. The Morgan fingerprint density at radius 1 is 1.00 bits per heavy atom. The first-order chi connectivity index (χ1) is 13.4. The fourth-order valence-corrected chi connectivity index (χ4v) is 3.20. The van der Waals surface area contributed by atoms with E-state index in [-0.39, 0.29) is 11.9 Å². The van der Waals surface area contributed by atoms with Gasteiger partial charge in [-0.1, -0.05) is 13.0 Å². The smallest absolute Gasteiger partial charge is 0.252 e. The maximum Gasteiger partial charge on any atom is 0.252 e. The van der Waals surface area contributed by atoms with Gasteiger partial charge in [0.2, 0.25) is 0 Å². The van der Waals surface area contributed by atoms with E-state index in [1.54, 1.807) is 19.2 Å². The Hall–Kier alpha value is -2.41. The molecule has 6 nitrogen and oxygen atoms in total. The lowest BCUT2D eigenvalue weighted by atomic mass is 10.1. The van der Waals surface area contributed by atoms with Crippen LogP contribution in [-0.2, 0) is 0 Å². The number of rotatable bonds is 9. The van der Waals surface area contributed by atoms with Crippen LogP contribution in [0.15, 0.2) is 34.8 Å². The Balaban J connectivity index is 2.20. The number of hydrogen-bond donors (Lipinski definition) is 1. The van der Waals surface area contributed by atoms with Crippen LogP contribution in [0, 0.1) is 0 Å². The zero-order valence-corrected chi connectivity index (χ0v) is 18.4. The van der Waals surface area contributed by atoms with Crippen molar-refractivity contribution in [3.05, 3.63) is 45.9 Å². The summed E-state index contributed by atoms with van der Waals surface area (Å²) in [6, 6.07) is 8.74. The summed E-state index contributed by atoms with van der Waals surface area (Å²) in [5.41, 5.74) is 1.35. The lowest BCUT2D eigenvalue weighted by Gasteiger charge is -2.18. The number of benzene rings is 2. The Morgan fingerprint density at radius 2 is 1.61 bits per heavy atom. The summed E-state index contributed by atoms with van der Waals surface area (Å²) >= 11 is 3.41. The zero-order chi connectivity index (χ0) is 20.7. The van der Waals surface area contributed by atoms with Gasteiger partial charge >= 0.3 is 0 Å². The van der Waals surface area contributed by atoms with E-state index < -0.39 is 0 Å². The summed E-state index contributed by atoms with van der Waals surface area (Å²) in [6.07, 6.45) is 0.914. The van der Waals surface area contributed by atoms with Crippen LogP contribution < -0.4 is 24.3 Å². The van der Waals surface area contributed by atoms with E-state index in [2.05, 4.69) is 21.2 Å². The van der Waals surface area contributed by atoms with Crippen molar-refractivity contribution in [3.8, 4) is 23.0 Å². The van der Waals surface area contributed by atoms with Crippen molar-refractivity contribution in [2.75, 3.05) is 27.9 Å². The number of nitrogens with one attached hydrogen (secondary N) is 1. The standard InChI is InChI=1S/C21H26BrNO5/c1-6-9-28-16-8-7-14(10-17(16)25-3)13(2)23-21(24)15-11-18(26-4)20(22)19(12-15)27-5/h7-8,10-13H,6,9H2,1-5H3,(H,23,24). The normalized spacial score (nSPS) is 11.5. The highest BCUT2D eigenvalue weighted by Crippen LogP contribution is 2.36. The average Bonchev–Trinajstić information content (AvgIpc) is 2.71. The molecule has 2 rings (SSSR count). The molecular weight excluding hydrogens is 426 g/mol. The minimum absolute atomic E-state index is 0.234. The molecule has 0 saturated heterocycles. The van der Waals surface area contributed by atoms with Crippen LogP contribution in [0.5, 0.6) is 23.0 Å². The minimum Gasteiger partial charge on any atom is -0.495 e. The van der Waals surface area contributed by atoms with E-state index in [4.69, 9.17) is 18.9 Å². The first-order valence-corrected chi connectivity index (χ1v) is 9.77. The van der Waals surface area contributed by atoms with Gasteiger partial charge in [0.15, 0.2) is 11.5 Å². The molecule has 152 valence electrons. The van der Waals surface area contributed by atoms with E-state index in [1.807, 2.05) is 32.0 Å². The highest BCUT2D eigenvalue weighted by atomic mass is 79.9. The van der Waals surface area contributed by atoms with E-state index >= 15 is 0 Å². The van der Waals surface area contributed by atoms with Crippen molar-refractivity contribution in [2.24, 2.45) is 0 Å². The first kappa shape index (κ1) is 21.9. The van der Waals surface area contributed by atoms with Crippen LogP contribution in [-0.4, -0.2) is 33.8 Å². The van der Waals surface area contributed by atoms with Gasteiger partial charge in [0.05, 0.1) is 34.0 Å². The summed E-state index contributed by atoms with van der Waals surface area (Å²) in [5.74, 6) is 2.14. The topological polar surface area (TPSA) is 66.0 Å². The molecule has 0 aliphatic carbocycles. The quantitative estimate of drug-likeness (QED) is 0.595. The largest absolute Gasteiger partial charge is 0.495 e. The van der Waals surface area contributed by atoms with Gasteiger partial charge in [0, 0.05) is 5.56 Å². The third-order valence-electron chi connectivity index (χ3n) is 4.20. The van der Waals surface area contributed by atoms with Gasteiger partial charge in [0.25, 0.3) is 5.91 Å². The van der Waals surface area contributed by atoms with Gasteiger partial charge in [-0.25, -0.2) is 0 Å². The second-order valence-corrected chi connectivity index (χ2v) is 6.94. The van der Waals surface area contributed by atoms with Gasteiger partial charge in [-0.2, -0.15) is 0 Å². The van der Waals surface area contributed by atoms with E-state index in [1.165, 1.54) is 14.2 Å². The first-order valence-electron chi connectivity index (χ1n) is 8.98. The summed E-state index contributed by atoms with van der Waals surface area (Å²) in [4.78, 5) is 12.7. The molecule has 1 amide bonds. The van der Waals surface area contributed by atoms with Crippen LogP contribution >= 0.6 is 15.9 Å². The fourth-order valence-electron chi connectivity index (χ4n) is 2.65. The zero-order valence-electron chi connectivity index (χ0n) is 16.8. The highest BCUT2D eigenvalue weighted by molar-refractivity contribution is 9.10. The summed E-state index contributed by atoms with van der Waals surface area (Å²) in [5, 5.41) is 2.99. The predicted molar refractivity (Wildman–Crippen MR) is 112 cm³/mol. The molecule has 0 aromatic heterocycles. The molecule has 0 spiro atoms. The highest BCUT2D eigenvalue weighted by Gasteiger charge is 2.18. The summed E-state index contributed by atoms with van der Waals surface area (Å²) in [6.45, 7) is 4.58. The van der Waals surface area contributed by atoms with E-state index in [0.717, 1.165) is 12.0 Å². The molecule has 0 aliphatic rings. The lowest BCUT2D eigenvalue weighted by Crippen LogP contribution is -2.26. The maximum atomic E-state index is 12.7. The molecule has 28 heavy (non-hydrogen) atoms. The number of amides is 1. The lowest BCUT2D eigenvalue weighted by molar-refractivity contribution is 0.0939. The van der Waals surface area contributed by atoms with Crippen molar-refractivity contribution in [2.45, 2.75) is 26.3 Å². The Bertz CT molecular complexity index is 799. The molecule has 1 N–H and O–H groups in total. The summed E-state index contributed by atoms with van der Waals surface area (Å²) in [7, 11) is 4.68. The van der Waals surface area contributed by atoms with Gasteiger partial charge in [-0.05, 0) is 59.1 Å². The Morgan fingerprint density at radius 3 is 2.14 bits per heavy atom. The van der Waals surface area contributed by atoms with Crippen LogP contribution in [0.2, 0.25) is 0 Å². The van der Waals surface area contributed by atoms with Gasteiger partial charge in [0.1, 0.15) is 16.0 Å². The van der Waals surface area contributed by atoms with Crippen molar-refractivity contribution in [1.29, 1.82) is 0 Å². The molecular formula is C21H26BrNO5. The monoisotopic (exact) mass is 451 g/mol. The molecule has 0 bridgehead atoms. The van der Waals surface area contributed by atoms with E-state index in [9.17, 15) is 4.79 Å². The molecule has 7 heteroatoms. The number of carbonyl (C=O) groups is 1. The molecule has 0 saturated carbocycles. The van der Waals surface area contributed by atoms with E-state index in [0.29, 0.717) is 39.6 Å². The second kappa shape index (κ2) is 10.2. The fraction of sp³-hybridized carbons (Fsp3) is 0.381. The molecule has 2 aromatic rings. The van der Waals surface area contributed by atoms with Crippen molar-refractivity contribution >= 4 is 21.8 Å². The predicted octanol–water partition coefficient (Wildman–Crippen LogP) is 4.75. The molecule has 0 heterocycles. The third-order valence-corrected chi connectivity index (χ3v) is 4.99. The van der Waals surface area contributed by atoms with Crippen LogP contribution in [0.4, 0.5) is 0 Å². The molecule has 2 aromatic carbocycles. The Labute approximate surface area is 174 Å². The van der Waals surface area contributed by atoms with Crippen molar-refractivity contribution in [3.63, 3.8) is 0 Å². The van der Waals surface area contributed by atoms with Gasteiger partial charge < -0.3 is 24.3 Å². The van der Waals surface area contributed by atoms with Gasteiger partial charge in [-0.3, -0.25) is 4.79 Å². The summed E-state index contributed by atoms with van der Waals surface area (Å²) < 4.78 is 22.4. The molecule has 0 aliphatic heterocycles. The molecule has 0 fully saturated rings. The number of ether oxygens (including phenoxy) is 4. The molecule has 1 atom stereocenters. The number of carbonyl (C=O) groups excluding carboxylic acids is 1. The molecule has 1 unspecified atom stereocenters. The number of hydrogen-bond acceptors (Lipinski definition) is 5. The van der Waals surface area contributed by atoms with Crippen LogP contribution in [0.25, 0.3) is 0 Å². The average molecular weight is 452 g/mol. The van der Waals surface area contributed by atoms with Crippen molar-refractivity contribution in [1.82, 2.24) is 5.32 Å². The minimum atomic E-state index is -0.234. The Kier molecular flexibility index (Phi) is 7.99. The van der Waals surface area contributed by atoms with Crippen LogP contribution in [0.1, 0.15) is 42.2 Å².